The van der Waals surface area contributed by atoms with E-state index in [1.54, 1.807) is 0 Å². The van der Waals surface area contributed by atoms with E-state index in [0.29, 0.717) is 0 Å². The molecule has 0 aromatic rings. The summed E-state index contributed by atoms with van der Waals surface area (Å²) in [6, 6.07) is 0. The normalized spacial score (nSPS) is 18.0. The molecule has 22 valence electrons. The lowest BCUT2D eigenvalue weighted by Gasteiger charge is -1.44. The molecule has 0 nitrogen and oxygen atoms in total. The molecule has 0 radical (unpaired) electrons. The van der Waals surface area contributed by atoms with Crippen molar-refractivity contribution in [1.82, 2.24) is 0 Å². The minimum atomic E-state index is 1.13. The molecule has 0 N–H and O–H groups in total. The number of allylic oxidation sites excluding steroid dienone is 2. The fraction of sp³-hybridized carbons (Fsp3) is 0. The molecule has 0 unspecified atom stereocenters. The SMILES string of the molecule is [2H]C=CC=C[2H]. The molecule has 0 aromatic carbocycles. The summed E-state index contributed by atoms with van der Waals surface area (Å²) in [6.45, 7) is 2.26. The van der Waals surface area contributed by atoms with Crippen molar-refractivity contribution in [2.45, 2.75) is 0 Å². The molecule has 0 rings (SSSR count). The van der Waals surface area contributed by atoms with Crippen LogP contribution in [0.2, 0.25) is 0 Å². The average Bonchev–Trinajstić information content (AvgIpc) is 1.61. The van der Waals surface area contributed by atoms with Crippen LogP contribution in [0.4, 0.5) is 0 Å². The predicted octanol–water partition coefficient (Wildman–Crippen LogP) is 1.36. The Kier molecular flexibility index (Phi) is 0.661. The smallest absolute Gasteiger partial charge is 0.0538 e. The highest BCUT2D eigenvalue weighted by atomic mass is 13.4. The van der Waals surface area contributed by atoms with E-state index in [1.165, 1.54) is 12.2 Å². The summed E-state index contributed by atoms with van der Waals surface area (Å²) in [5.74, 6) is 0. The van der Waals surface area contributed by atoms with Gasteiger partial charge in [0.1, 0.15) is 0 Å². The van der Waals surface area contributed by atoms with E-state index >= 15 is 0 Å². The summed E-state index contributed by atoms with van der Waals surface area (Å²) in [5, 5.41) is 0. The molecular formula is C4H6. The van der Waals surface area contributed by atoms with E-state index in [4.69, 9.17) is 2.74 Å². The van der Waals surface area contributed by atoms with Crippen molar-refractivity contribution >= 4 is 0 Å². The quantitative estimate of drug-likeness (QED) is 0.398. The third kappa shape index (κ3) is 1.48. The van der Waals surface area contributed by atoms with Crippen LogP contribution < -0.4 is 0 Å². The van der Waals surface area contributed by atoms with Gasteiger partial charge in [-0.25, -0.2) is 0 Å². The van der Waals surface area contributed by atoms with Gasteiger partial charge in [0.15, 0.2) is 0 Å². The zero-order chi connectivity index (χ0) is 4.83. The Balaban J connectivity index is 3.07. The molecule has 0 aromatic heterocycles. The first-order valence-corrected chi connectivity index (χ1v) is 1.00. The van der Waals surface area contributed by atoms with Crippen molar-refractivity contribution < 1.29 is 2.74 Å². The number of hydrogen-bond acceptors (Lipinski definition) is 0. The Morgan fingerprint density at radius 3 is 2.25 bits per heavy atom. The molecule has 4 heavy (non-hydrogen) atoms. The fourth-order valence-corrected chi connectivity index (χ4v) is 0. The van der Waals surface area contributed by atoms with Gasteiger partial charge in [-0.2, -0.15) is 0 Å². The van der Waals surface area contributed by atoms with Crippen LogP contribution in [0.15, 0.2) is 25.3 Å². The lowest BCUT2D eigenvalue weighted by Crippen LogP contribution is -1.21. The van der Waals surface area contributed by atoms with Gasteiger partial charge >= 0.3 is 0 Å². The van der Waals surface area contributed by atoms with Gasteiger partial charge in [-0.1, -0.05) is 25.3 Å². The highest BCUT2D eigenvalue weighted by Gasteiger charge is 1.29. The van der Waals surface area contributed by atoms with Crippen LogP contribution in [0.25, 0.3) is 0 Å². The molecule has 0 heterocycles. The lowest BCUT2D eigenvalue weighted by molar-refractivity contribution is 2.15. The number of hydrogen-bond donors (Lipinski definition) is 0. The van der Waals surface area contributed by atoms with Crippen LogP contribution in [0, 0.1) is 0 Å². The van der Waals surface area contributed by atoms with Gasteiger partial charge in [-0.15, -0.1) is 0 Å². The van der Waals surface area contributed by atoms with E-state index in [9.17, 15) is 0 Å². The molecule has 0 aliphatic carbocycles. The van der Waals surface area contributed by atoms with Crippen molar-refractivity contribution in [2.24, 2.45) is 0 Å². The Morgan fingerprint density at radius 1 is 1.50 bits per heavy atom. The minimum Gasteiger partial charge on any atom is -0.0991 e. The molecule has 0 aliphatic rings. The molecule has 0 saturated carbocycles. The Labute approximate surface area is 29.3 Å². The van der Waals surface area contributed by atoms with E-state index in [0.717, 1.165) is 13.1 Å². The van der Waals surface area contributed by atoms with Crippen LogP contribution in [-0.4, -0.2) is 0 Å². The molecule has 0 saturated heterocycles. The van der Waals surface area contributed by atoms with Gasteiger partial charge in [0.05, 0.1) is 2.74 Å². The zero-order valence-corrected chi connectivity index (χ0v) is 2.31. The fourth-order valence-electron chi connectivity index (χ4n) is 0. The molecule has 0 aliphatic heterocycles. The highest BCUT2D eigenvalue weighted by Crippen LogP contribution is 1.52. The van der Waals surface area contributed by atoms with Crippen LogP contribution in [0.5, 0.6) is 0 Å². The van der Waals surface area contributed by atoms with E-state index in [1.807, 2.05) is 0 Å². The molecule has 0 amide bonds. The summed E-state index contributed by atoms with van der Waals surface area (Å²) in [7, 11) is 0. The molecule has 0 heteroatoms. The van der Waals surface area contributed by atoms with Crippen molar-refractivity contribution in [2.75, 3.05) is 0 Å². The maximum atomic E-state index is 6.39. The number of rotatable bonds is 1. The van der Waals surface area contributed by atoms with Gasteiger partial charge in [-0.3, -0.25) is 0 Å². The van der Waals surface area contributed by atoms with Crippen molar-refractivity contribution in [3.05, 3.63) is 25.3 Å². The van der Waals surface area contributed by atoms with Crippen molar-refractivity contribution in [3.63, 3.8) is 0 Å². The zero-order valence-electron chi connectivity index (χ0n) is 4.31. The van der Waals surface area contributed by atoms with Gasteiger partial charge in [0.2, 0.25) is 0 Å². The topological polar surface area (TPSA) is 0 Å². The van der Waals surface area contributed by atoms with Crippen LogP contribution >= 0.6 is 0 Å². The Bertz CT molecular complexity index is 53.9. The Hall–Kier alpha value is -0.520. The highest BCUT2D eigenvalue weighted by molar-refractivity contribution is 4.88. The second-order valence-electron chi connectivity index (χ2n) is 0.385. The van der Waals surface area contributed by atoms with Crippen molar-refractivity contribution in [3.8, 4) is 0 Å². The summed E-state index contributed by atoms with van der Waals surface area (Å²) in [5.41, 5.74) is 0. The summed E-state index contributed by atoms with van der Waals surface area (Å²) >= 11 is 0. The first-order valence-electron chi connectivity index (χ1n) is 2.15. The molecule has 0 spiro atoms. The van der Waals surface area contributed by atoms with Crippen LogP contribution in [0.1, 0.15) is 2.74 Å². The Morgan fingerprint density at radius 2 is 2.00 bits per heavy atom. The van der Waals surface area contributed by atoms with Gasteiger partial charge in [-0.05, 0) is 0 Å². The monoisotopic (exact) mass is 56.1 g/mol. The summed E-state index contributed by atoms with van der Waals surface area (Å²) in [4.78, 5) is 0. The second kappa shape index (κ2) is 2.48. The van der Waals surface area contributed by atoms with Gasteiger partial charge < -0.3 is 0 Å². The van der Waals surface area contributed by atoms with E-state index in [-0.39, 0.29) is 0 Å². The van der Waals surface area contributed by atoms with E-state index in [2.05, 4.69) is 0 Å². The summed E-state index contributed by atoms with van der Waals surface area (Å²) < 4.78 is 12.8. The molecular weight excluding hydrogens is 48.0 g/mol. The van der Waals surface area contributed by atoms with Crippen molar-refractivity contribution in [1.29, 1.82) is 0 Å². The first-order chi connectivity index (χ1) is 2.91. The predicted molar refractivity (Wildman–Crippen MR) is 20.4 cm³/mol. The van der Waals surface area contributed by atoms with E-state index < -0.39 is 0 Å². The van der Waals surface area contributed by atoms with Gasteiger partial charge in [0.25, 0.3) is 0 Å². The largest absolute Gasteiger partial charge is 0.0991 e. The summed E-state index contributed by atoms with van der Waals surface area (Å²) in [6.07, 6.45) is 2.96. The maximum Gasteiger partial charge on any atom is 0.0538 e. The first kappa shape index (κ1) is 1.07. The van der Waals surface area contributed by atoms with Crippen LogP contribution in [-0.2, 0) is 0 Å². The standard InChI is InChI=1S/C4H6/c1-3-4-2/h3-4H,1-2H2/i1D,2D. The van der Waals surface area contributed by atoms with Crippen LogP contribution in [0.3, 0.4) is 0 Å². The minimum absolute atomic E-state index is 1.13. The third-order valence-corrected chi connectivity index (χ3v) is 0.111. The molecule has 0 fully saturated rings. The molecule has 0 atom stereocenters. The maximum absolute atomic E-state index is 6.39. The average molecular weight is 56.1 g/mol. The molecule has 0 bridgehead atoms. The third-order valence-electron chi connectivity index (χ3n) is 0.111. The lowest BCUT2D eigenvalue weighted by atomic mass is 10.6. The second-order valence-corrected chi connectivity index (χ2v) is 0.385. The van der Waals surface area contributed by atoms with Gasteiger partial charge in [0, 0.05) is 0 Å².